The topological polar surface area (TPSA) is 75.3 Å². The number of amides is 1. The zero-order chi connectivity index (χ0) is 14.3. The van der Waals surface area contributed by atoms with Crippen LogP contribution in [0.15, 0.2) is 28.8 Å². The first-order chi connectivity index (χ1) is 9.54. The van der Waals surface area contributed by atoms with Crippen LogP contribution < -0.4 is 5.73 Å². The molecule has 0 aromatic carbocycles. The van der Waals surface area contributed by atoms with Crippen molar-refractivity contribution in [3.8, 4) is 0 Å². The summed E-state index contributed by atoms with van der Waals surface area (Å²) in [6.07, 6.45) is 2.81. The van der Waals surface area contributed by atoms with E-state index in [2.05, 4.69) is 11.9 Å². The molecule has 2 aromatic rings. The van der Waals surface area contributed by atoms with Gasteiger partial charge in [0.2, 0.25) is 0 Å². The third kappa shape index (κ3) is 2.43. The molecule has 2 atom stereocenters. The van der Waals surface area contributed by atoms with Crippen molar-refractivity contribution in [2.75, 3.05) is 12.8 Å². The molecular formula is C15H19N3O2. The summed E-state index contributed by atoms with van der Waals surface area (Å²) in [5, 5.41) is 0. The van der Waals surface area contributed by atoms with Gasteiger partial charge in [0.15, 0.2) is 0 Å². The van der Waals surface area contributed by atoms with E-state index in [0.717, 1.165) is 17.4 Å². The van der Waals surface area contributed by atoms with Gasteiger partial charge in [0, 0.05) is 24.8 Å². The van der Waals surface area contributed by atoms with Crippen molar-refractivity contribution in [1.29, 1.82) is 0 Å². The van der Waals surface area contributed by atoms with Crippen molar-refractivity contribution in [2.24, 2.45) is 5.92 Å². The minimum Gasteiger partial charge on any atom is -0.464 e. The van der Waals surface area contributed by atoms with Crippen LogP contribution in [0.3, 0.4) is 0 Å². The number of nitrogens with one attached hydrogen (secondary N) is 1. The van der Waals surface area contributed by atoms with Gasteiger partial charge in [0.1, 0.15) is 17.2 Å². The number of hydrogen-bond donors (Lipinski definition) is 2. The van der Waals surface area contributed by atoms with E-state index in [0.29, 0.717) is 23.8 Å². The largest absolute Gasteiger partial charge is 0.464 e. The Morgan fingerprint density at radius 1 is 1.55 bits per heavy atom. The normalized spacial score (nSPS) is 20.9. The lowest BCUT2D eigenvalue weighted by Crippen LogP contribution is -2.26. The number of rotatable bonds is 4. The van der Waals surface area contributed by atoms with Gasteiger partial charge in [-0.05, 0) is 30.5 Å². The maximum atomic E-state index is 12.2. The van der Waals surface area contributed by atoms with Crippen molar-refractivity contribution >= 4 is 11.6 Å². The highest BCUT2D eigenvalue weighted by Gasteiger charge is 2.36. The van der Waals surface area contributed by atoms with Crippen molar-refractivity contribution in [1.82, 2.24) is 9.88 Å². The van der Waals surface area contributed by atoms with Crippen molar-refractivity contribution < 1.29 is 9.21 Å². The molecule has 2 heterocycles. The Morgan fingerprint density at radius 2 is 2.30 bits per heavy atom. The molecule has 106 valence electrons. The number of aromatic amines is 1. The Hall–Kier alpha value is -2.17. The van der Waals surface area contributed by atoms with Gasteiger partial charge in [-0.3, -0.25) is 4.79 Å². The highest BCUT2D eigenvalue weighted by atomic mass is 16.3. The predicted molar refractivity (Wildman–Crippen MR) is 76.2 cm³/mol. The fourth-order valence-electron chi connectivity index (χ4n) is 2.44. The molecule has 1 fully saturated rings. The number of carbonyl (C=O) groups excluding carboxylic acids is 1. The molecule has 3 rings (SSSR count). The second-order valence-electron chi connectivity index (χ2n) is 5.63. The van der Waals surface area contributed by atoms with Gasteiger partial charge in [-0.2, -0.15) is 0 Å². The summed E-state index contributed by atoms with van der Waals surface area (Å²) in [7, 11) is 1.75. The lowest BCUT2D eigenvalue weighted by atomic mass is 10.3. The summed E-state index contributed by atoms with van der Waals surface area (Å²) in [6.45, 7) is 2.68. The van der Waals surface area contributed by atoms with Crippen LogP contribution in [0.4, 0.5) is 5.69 Å². The van der Waals surface area contributed by atoms with Crippen LogP contribution in [0.1, 0.15) is 41.3 Å². The van der Waals surface area contributed by atoms with Gasteiger partial charge in [0.25, 0.3) is 5.91 Å². The third-order valence-electron chi connectivity index (χ3n) is 3.83. The number of nitrogens with two attached hydrogens (primary N) is 1. The molecule has 5 nitrogen and oxygen atoms in total. The molecule has 20 heavy (non-hydrogen) atoms. The van der Waals surface area contributed by atoms with Crippen molar-refractivity contribution in [3.63, 3.8) is 0 Å². The predicted octanol–water partition coefficient (Wildman–Crippen LogP) is 2.59. The van der Waals surface area contributed by atoms with E-state index in [1.54, 1.807) is 24.2 Å². The number of nitrogens with zero attached hydrogens (tertiary/aromatic N) is 1. The van der Waals surface area contributed by atoms with E-state index >= 15 is 0 Å². The highest BCUT2D eigenvalue weighted by molar-refractivity contribution is 5.93. The molecule has 0 bridgehead atoms. The van der Waals surface area contributed by atoms with Gasteiger partial charge >= 0.3 is 0 Å². The SMILES string of the molecule is CC1CC1c1ccc(CN(C)C(=O)c2cc(N)c[nH]2)o1. The fraction of sp³-hybridized carbons (Fsp3) is 0.400. The lowest BCUT2D eigenvalue weighted by Gasteiger charge is -2.14. The Kier molecular flexibility index (Phi) is 3.04. The van der Waals surface area contributed by atoms with E-state index in [-0.39, 0.29) is 5.91 Å². The second kappa shape index (κ2) is 4.74. The Bertz CT molecular complexity index is 629. The quantitative estimate of drug-likeness (QED) is 0.899. The van der Waals surface area contributed by atoms with E-state index in [1.807, 2.05) is 12.1 Å². The summed E-state index contributed by atoms with van der Waals surface area (Å²) in [5.74, 6) is 3.04. The van der Waals surface area contributed by atoms with Crippen molar-refractivity contribution in [3.05, 3.63) is 41.6 Å². The summed E-state index contributed by atoms with van der Waals surface area (Å²) in [5.41, 5.74) is 6.66. The van der Waals surface area contributed by atoms with Gasteiger partial charge < -0.3 is 20.0 Å². The van der Waals surface area contributed by atoms with Crippen LogP contribution in [-0.4, -0.2) is 22.8 Å². The van der Waals surface area contributed by atoms with E-state index in [9.17, 15) is 4.79 Å². The molecule has 1 saturated carbocycles. The van der Waals surface area contributed by atoms with E-state index in [4.69, 9.17) is 10.2 Å². The average molecular weight is 273 g/mol. The van der Waals surface area contributed by atoms with Crippen LogP contribution in [0.5, 0.6) is 0 Å². The molecule has 0 spiro atoms. The monoisotopic (exact) mass is 273 g/mol. The number of furan rings is 1. The van der Waals surface area contributed by atoms with E-state index in [1.165, 1.54) is 6.42 Å². The first-order valence-corrected chi connectivity index (χ1v) is 6.82. The molecule has 1 aliphatic rings. The maximum Gasteiger partial charge on any atom is 0.270 e. The molecule has 3 N–H and O–H groups in total. The van der Waals surface area contributed by atoms with E-state index < -0.39 is 0 Å². The number of hydrogen-bond acceptors (Lipinski definition) is 3. The number of carbonyl (C=O) groups is 1. The van der Waals surface area contributed by atoms with Crippen LogP contribution in [-0.2, 0) is 6.54 Å². The summed E-state index contributed by atoms with van der Waals surface area (Å²) in [6, 6.07) is 5.61. The zero-order valence-corrected chi connectivity index (χ0v) is 11.7. The first kappa shape index (κ1) is 12.8. The Morgan fingerprint density at radius 3 is 2.90 bits per heavy atom. The molecule has 1 amide bonds. The average Bonchev–Trinajstić information content (AvgIpc) is 2.80. The van der Waals surface area contributed by atoms with Gasteiger partial charge in [-0.15, -0.1) is 0 Å². The van der Waals surface area contributed by atoms with Gasteiger partial charge in [-0.1, -0.05) is 6.92 Å². The molecule has 2 unspecified atom stereocenters. The number of anilines is 1. The van der Waals surface area contributed by atoms with Gasteiger partial charge in [0.05, 0.1) is 6.54 Å². The van der Waals surface area contributed by atoms with Crippen LogP contribution >= 0.6 is 0 Å². The standard InChI is InChI=1S/C15H19N3O2/c1-9-5-12(9)14-4-3-11(20-14)8-18(2)15(19)13-6-10(16)7-17-13/h3-4,6-7,9,12,17H,5,8,16H2,1-2H3. The summed E-state index contributed by atoms with van der Waals surface area (Å²) < 4.78 is 5.81. The minimum absolute atomic E-state index is 0.0977. The molecule has 2 aromatic heterocycles. The zero-order valence-electron chi connectivity index (χ0n) is 11.7. The van der Waals surface area contributed by atoms with Crippen LogP contribution in [0, 0.1) is 5.92 Å². The summed E-state index contributed by atoms with van der Waals surface area (Å²) >= 11 is 0. The van der Waals surface area contributed by atoms with Gasteiger partial charge in [-0.25, -0.2) is 0 Å². The van der Waals surface area contributed by atoms with Crippen LogP contribution in [0.25, 0.3) is 0 Å². The lowest BCUT2D eigenvalue weighted by molar-refractivity contribution is 0.0769. The first-order valence-electron chi connectivity index (χ1n) is 6.82. The summed E-state index contributed by atoms with van der Waals surface area (Å²) in [4.78, 5) is 16.6. The molecule has 0 saturated heterocycles. The fourth-order valence-corrected chi connectivity index (χ4v) is 2.44. The number of aromatic nitrogens is 1. The molecule has 0 radical (unpaired) electrons. The molecule has 1 aliphatic carbocycles. The Labute approximate surface area is 117 Å². The minimum atomic E-state index is -0.0977. The van der Waals surface area contributed by atoms with Crippen LogP contribution in [0.2, 0.25) is 0 Å². The number of H-pyrrole nitrogens is 1. The highest BCUT2D eigenvalue weighted by Crippen LogP contribution is 2.47. The second-order valence-corrected chi connectivity index (χ2v) is 5.63. The smallest absolute Gasteiger partial charge is 0.270 e. The third-order valence-corrected chi connectivity index (χ3v) is 3.83. The van der Waals surface area contributed by atoms with Crippen molar-refractivity contribution in [2.45, 2.75) is 25.8 Å². The number of nitrogen functional groups attached to an aromatic ring is 1. The maximum absolute atomic E-state index is 12.2. The molecule has 0 aliphatic heterocycles. The Balaban J connectivity index is 1.65. The molecule has 5 heteroatoms. The molecular weight excluding hydrogens is 254 g/mol.